The standard InChI is InChI=1S/C34H37NO6/c35-41-34-33(39-24-29-19-11-4-12-20-29)32(38-23-28-17-9-3-10-18-28)31(37-22-27-15-7-2-8-16-27)30(40-34)25-36-21-26-13-5-1-6-14-26/h1-20,30-34H,21-25,35H2/t30-,31-,32+,33-,34+/m1/s1. The lowest BCUT2D eigenvalue weighted by Gasteiger charge is -2.45. The van der Waals surface area contributed by atoms with Crippen molar-refractivity contribution in [1.82, 2.24) is 0 Å². The van der Waals surface area contributed by atoms with E-state index in [1.807, 2.05) is 121 Å². The zero-order valence-electron chi connectivity index (χ0n) is 23.0. The second-order valence-corrected chi connectivity index (χ2v) is 9.96. The predicted octanol–water partition coefficient (Wildman–Crippen LogP) is 5.57. The van der Waals surface area contributed by atoms with Gasteiger partial charge in [-0.25, -0.2) is 5.90 Å². The van der Waals surface area contributed by atoms with Crippen LogP contribution in [0.5, 0.6) is 0 Å². The molecule has 1 fully saturated rings. The summed E-state index contributed by atoms with van der Waals surface area (Å²) in [6.45, 7) is 1.75. The van der Waals surface area contributed by atoms with Crippen molar-refractivity contribution in [3.8, 4) is 0 Å². The Morgan fingerprint density at radius 1 is 0.488 bits per heavy atom. The molecule has 1 aliphatic heterocycles. The summed E-state index contributed by atoms with van der Waals surface area (Å²) in [6.07, 6.45) is -3.15. The Morgan fingerprint density at radius 2 is 0.878 bits per heavy atom. The van der Waals surface area contributed by atoms with Crippen molar-refractivity contribution in [1.29, 1.82) is 0 Å². The third-order valence-corrected chi connectivity index (χ3v) is 6.97. The van der Waals surface area contributed by atoms with E-state index in [9.17, 15) is 0 Å². The van der Waals surface area contributed by atoms with Crippen molar-refractivity contribution < 1.29 is 28.5 Å². The SMILES string of the molecule is NO[C@@H]1O[C@H](COCc2ccccc2)[C@@H](OCc2ccccc2)[C@H](OCc2ccccc2)[C@H]1OCc1ccccc1. The molecule has 1 aliphatic rings. The molecule has 0 saturated carbocycles. The minimum atomic E-state index is -0.888. The average molecular weight is 556 g/mol. The fourth-order valence-corrected chi connectivity index (χ4v) is 4.86. The first-order valence-corrected chi connectivity index (χ1v) is 13.9. The summed E-state index contributed by atoms with van der Waals surface area (Å²) in [4.78, 5) is 5.34. The highest BCUT2D eigenvalue weighted by Crippen LogP contribution is 2.31. The van der Waals surface area contributed by atoms with Crippen LogP contribution in [-0.4, -0.2) is 37.3 Å². The van der Waals surface area contributed by atoms with E-state index in [4.69, 9.17) is 34.4 Å². The molecule has 5 rings (SSSR count). The summed E-state index contributed by atoms with van der Waals surface area (Å²) in [5.41, 5.74) is 4.15. The topological polar surface area (TPSA) is 81.4 Å². The molecule has 1 saturated heterocycles. The van der Waals surface area contributed by atoms with Crippen LogP contribution in [0, 0.1) is 0 Å². The van der Waals surface area contributed by atoms with Gasteiger partial charge < -0.3 is 23.7 Å². The molecular weight excluding hydrogens is 518 g/mol. The normalized spacial score (nSPS) is 22.4. The van der Waals surface area contributed by atoms with E-state index in [1.165, 1.54) is 0 Å². The Kier molecular flexibility index (Phi) is 11.0. The summed E-state index contributed by atoms with van der Waals surface area (Å²) in [5, 5.41) is 0. The zero-order valence-corrected chi connectivity index (χ0v) is 23.0. The van der Waals surface area contributed by atoms with Gasteiger partial charge in [-0.05, 0) is 22.3 Å². The monoisotopic (exact) mass is 555 g/mol. The van der Waals surface area contributed by atoms with E-state index < -0.39 is 30.7 Å². The largest absolute Gasteiger partial charge is 0.374 e. The Bertz CT molecular complexity index is 1260. The summed E-state index contributed by atoms with van der Waals surface area (Å²) in [7, 11) is 0. The summed E-state index contributed by atoms with van der Waals surface area (Å²) in [6, 6.07) is 40.0. The van der Waals surface area contributed by atoms with Crippen LogP contribution in [0.3, 0.4) is 0 Å². The maximum Gasteiger partial charge on any atom is 0.206 e. The van der Waals surface area contributed by atoms with E-state index in [0.717, 1.165) is 22.3 Å². The van der Waals surface area contributed by atoms with E-state index >= 15 is 0 Å². The van der Waals surface area contributed by atoms with Gasteiger partial charge in [-0.15, -0.1) is 0 Å². The number of hydrogen-bond acceptors (Lipinski definition) is 7. The molecule has 0 spiro atoms. The second kappa shape index (κ2) is 15.6. The summed E-state index contributed by atoms with van der Waals surface area (Å²) in [5.74, 6) is 5.78. The van der Waals surface area contributed by atoms with Gasteiger partial charge in [0, 0.05) is 0 Å². The van der Waals surface area contributed by atoms with E-state index in [1.54, 1.807) is 0 Å². The molecule has 0 unspecified atom stereocenters. The maximum absolute atomic E-state index is 6.58. The first-order valence-electron chi connectivity index (χ1n) is 13.9. The maximum atomic E-state index is 6.58. The Balaban J connectivity index is 1.38. The lowest BCUT2D eigenvalue weighted by Crippen LogP contribution is -2.62. The van der Waals surface area contributed by atoms with Gasteiger partial charge in [-0.1, -0.05) is 121 Å². The molecule has 214 valence electrons. The van der Waals surface area contributed by atoms with Crippen LogP contribution in [0.1, 0.15) is 22.3 Å². The molecule has 0 radical (unpaired) electrons. The molecule has 7 nitrogen and oxygen atoms in total. The molecule has 0 bridgehead atoms. The first kappa shape index (κ1) is 29.1. The van der Waals surface area contributed by atoms with Gasteiger partial charge in [0.05, 0.1) is 33.0 Å². The molecule has 7 heteroatoms. The number of benzene rings is 4. The number of nitrogens with two attached hydrogens (primary N) is 1. The number of ether oxygens (including phenoxy) is 5. The van der Waals surface area contributed by atoms with Gasteiger partial charge in [0.25, 0.3) is 0 Å². The van der Waals surface area contributed by atoms with Crippen LogP contribution < -0.4 is 5.90 Å². The van der Waals surface area contributed by atoms with Crippen LogP contribution in [0.15, 0.2) is 121 Å². The molecule has 0 aromatic heterocycles. The highest BCUT2D eigenvalue weighted by molar-refractivity contribution is 5.16. The first-order chi connectivity index (χ1) is 20.3. The summed E-state index contributed by atoms with van der Waals surface area (Å²) < 4.78 is 32.0. The molecule has 4 aromatic rings. The predicted molar refractivity (Wildman–Crippen MR) is 155 cm³/mol. The van der Waals surface area contributed by atoms with Gasteiger partial charge in [-0.2, -0.15) is 0 Å². The molecule has 2 N–H and O–H groups in total. The Labute approximate surface area is 241 Å². The van der Waals surface area contributed by atoms with Gasteiger partial charge in [-0.3, -0.25) is 4.84 Å². The van der Waals surface area contributed by atoms with Crippen LogP contribution >= 0.6 is 0 Å². The molecule has 1 heterocycles. The lowest BCUT2D eigenvalue weighted by atomic mass is 9.98. The second-order valence-electron chi connectivity index (χ2n) is 9.96. The zero-order chi connectivity index (χ0) is 28.1. The van der Waals surface area contributed by atoms with Gasteiger partial charge in [0.1, 0.15) is 24.4 Å². The van der Waals surface area contributed by atoms with Crippen molar-refractivity contribution in [2.45, 2.75) is 57.1 Å². The van der Waals surface area contributed by atoms with Crippen LogP contribution in [0.25, 0.3) is 0 Å². The van der Waals surface area contributed by atoms with Crippen molar-refractivity contribution >= 4 is 0 Å². The quantitative estimate of drug-likeness (QED) is 0.204. The van der Waals surface area contributed by atoms with Gasteiger partial charge >= 0.3 is 0 Å². The average Bonchev–Trinajstić information content (AvgIpc) is 3.04. The molecular formula is C34H37NO6. The third kappa shape index (κ3) is 8.55. The molecule has 5 atom stereocenters. The molecule has 0 amide bonds. The van der Waals surface area contributed by atoms with Gasteiger partial charge in [0.2, 0.25) is 6.29 Å². The Hall–Kier alpha value is -3.40. The van der Waals surface area contributed by atoms with Crippen molar-refractivity contribution in [3.05, 3.63) is 144 Å². The summed E-state index contributed by atoms with van der Waals surface area (Å²) >= 11 is 0. The molecule has 41 heavy (non-hydrogen) atoms. The van der Waals surface area contributed by atoms with Crippen LogP contribution in [-0.2, 0) is 54.9 Å². The third-order valence-electron chi connectivity index (χ3n) is 6.97. The van der Waals surface area contributed by atoms with Crippen LogP contribution in [0.2, 0.25) is 0 Å². The van der Waals surface area contributed by atoms with E-state index in [0.29, 0.717) is 26.4 Å². The van der Waals surface area contributed by atoms with E-state index in [2.05, 4.69) is 0 Å². The van der Waals surface area contributed by atoms with E-state index in [-0.39, 0.29) is 6.61 Å². The highest BCUT2D eigenvalue weighted by Gasteiger charge is 2.49. The fourth-order valence-electron chi connectivity index (χ4n) is 4.86. The smallest absolute Gasteiger partial charge is 0.206 e. The van der Waals surface area contributed by atoms with Crippen LogP contribution in [0.4, 0.5) is 0 Å². The fraction of sp³-hybridized carbons (Fsp3) is 0.294. The van der Waals surface area contributed by atoms with Crippen molar-refractivity contribution in [3.63, 3.8) is 0 Å². The minimum absolute atomic E-state index is 0.255. The molecule has 4 aromatic carbocycles. The lowest BCUT2D eigenvalue weighted by molar-refractivity contribution is -0.329. The van der Waals surface area contributed by atoms with Gasteiger partial charge in [0.15, 0.2) is 0 Å². The van der Waals surface area contributed by atoms with Crippen molar-refractivity contribution in [2.24, 2.45) is 5.90 Å². The highest BCUT2D eigenvalue weighted by atomic mass is 16.8. The minimum Gasteiger partial charge on any atom is -0.374 e. The number of rotatable bonds is 14. The number of hydrogen-bond donors (Lipinski definition) is 1. The Morgan fingerprint density at radius 3 is 1.32 bits per heavy atom. The molecule has 0 aliphatic carbocycles. The van der Waals surface area contributed by atoms with Crippen molar-refractivity contribution in [2.75, 3.05) is 6.61 Å².